The Labute approximate surface area is 155 Å². The van der Waals surface area contributed by atoms with Crippen molar-refractivity contribution in [2.24, 2.45) is 0 Å². The minimum absolute atomic E-state index is 0.117. The van der Waals surface area contributed by atoms with E-state index in [1.807, 2.05) is 6.92 Å². The van der Waals surface area contributed by atoms with E-state index in [1.165, 1.54) is 4.68 Å². The van der Waals surface area contributed by atoms with Crippen molar-refractivity contribution in [1.82, 2.24) is 15.0 Å². The van der Waals surface area contributed by atoms with E-state index in [0.29, 0.717) is 5.75 Å². The van der Waals surface area contributed by atoms with E-state index in [-0.39, 0.29) is 23.5 Å². The largest absolute Gasteiger partial charge is 0.497 e. The number of nitrogen functional groups attached to an aromatic ring is 1. The molecule has 0 aliphatic heterocycles. The molecule has 138 valence electrons. The number of anilines is 1. The van der Waals surface area contributed by atoms with Crippen LogP contribution in [0.4, 0.5) is 5.69 Å². The molecule has 0 bridgehead atoms. The molecule has 0 radical (unpaired) electrons. The topological polar surface area (TPSA) is 120 Å². The summed E-state index contributed by atoms with van der Waals surface area (Å²) in [4.78, 5) is 24.5. The molecule has 0 unspecified atom stereocenters. The number of aryl methyl sites for hydroxylation is 1. The summed E-state index contributed by atoms with van der Waals surface area (Å²) < 4.78 is 6.39. The first kappa shape index (κ1) is 18.1. The van der Waals surface area contributed by atoms with Gasteiger partial charge < -0.3 is 15.6 Å². The van der Waals surface area contributed by atoms with Crippen LogP contribution in [0, 0.1) is 6.92 Å². The first-order valence-electron chi connectivity index (χ1n) is 8.11. The van der Waals surface area contributed by atoms with Gasteiger partial charge in [-0.3, -0.25) is 4.79 Å². The zero-order chi connectivity index (χ0) is 19.6. The van der Waals surface area contributed by atoms with E-state index in [4.69, 9.17) is 10.5 Å². The van der Waals surface area contributed by atoms with E-state index in [0.717, 1.165) is 11.1 Å². The summed E-state index contributed by atoms with van der Waals surface area (Å²) in [5, 5.41) is 16.9. The third-order valence-electron chi connectivity index (χ3n) is 4.10. The van der Waals surface area contributed by atoms with Crippen LogP contribution in [0.5, 0.6) is 5.75 Å². The Morgan fingerprint density at radius 1 is 1.19 bits per heavy atom. The number of methoxy groups -OCH3 is 1. The summed E-state index contributed by atoms with van der Waals surface area (Å²) in [6, 6.07) is 12.1. The maximum absolute atomic E-state index is 13.0. The Morgan fingerprint density at radius 3 is 2.48 bits per heavy atom. The second kappa shape index (κ2) is 7.28. The highest BCUT2D eigenvalue weighted by Gasteiger charge is 2.27. The summed E-state index contributed by atoms with van der Waals surface area (Å²) in [5.41, 5.74) is 7.62. The van der Waals surface area contributed by atoms with Gasteiger partial charge in [-0.2, -0.15) is 0 Å². The minimum atomic E-state index is -1.33. The number of carboxylic acids is 1. The molecule has 2 aromatic carbocycles. The molecule has 0 aliphatic carbocycles. The monoisotopic (exact) mass is 366 g/mol. The van der Waals surface area contributed by atoms with E-state index >= 15 is 0 Å². The number of aromatic carboxylic acids is 1. The van der Waals surface area contributed by atoms with Crippen molar-refractivity contribution in [3.63, 3.8) is 0 Å². The lowest BCUT2D eigenvalue weighted by Gasteiger charge is -2.09. The molecule has 3 aromatic rings. The number of carboxylic acid groups (broad SMARTS) is 1. The maximum atomic E-state index is 13.0. The molecule has 0 spiro atoms. The highest BCUT2D eigenvalue weighted by molar-refractivity contribution is 6.14. The number of rotatable bonds is 6. The van der Waals surface area contributed by atoms with E-state index in [2.05, 4.69) is 10.3 Å². The number of aromatic nitrogens is 3. The Morgan fingerprint density at radius 2 is 1.89 bits per heavy atom. The van der Waals surface area contributed by atoms with E-state index in [9.17, 15) is 14.7 Å². The van der Waals surface area contributed by atoms with Gasteiger partial charge in [-0.05, 0) is 42.3 Å². The third-order valence-corrected chi connectivity index (χ3v) is 4.10. The molecular weight excluding hydrogens is 348 g/mol. The molecule has 0 saturated heterocycles. The number of nitrogens with zero attached hydrogens (tertiary/aromatic N) is 3. The number of carbonyl (C=O) groups excluding carboxylic acids is 1. The Balaban J connectivity index is 2.03. The Bertz CT molecular complexity index is 1010. The second-order valence-corrected chi connectivity index (χ2v) is 6.02. The van der Waals surface area contributed by atoms with Crippen LogP contribution in [-0.4, -0.2) is 39.0 Å². The van der Waals surface area contributed by atoms with Crippen molar-refractivity contribution < 1.29 is 19.4 Å². The van der Waals surface area contributed by atoms with Gasteiger partial charge in [0.1, 0.15) is 11.4 Å². The summed E-state index contributed by atoms with van der Waals surface area (Å²) in [5.74, 6) is -1.18. The van der Waals surface area contributed by atoms with Gasteiger partial charge in [0.25, 0.3) is 0 Å². The zero-order valence-corrected chi connectivity index (χ0v) is 14.8. The van der Waals surface area contributed by atoms with Gasteiger partial charge in [0, 0.05) is 11.3 Å². The van der Waals surface area contributed by atoms with Crippen molar-refractivity contribution in [1.29, 1.82) is 0 Å². The van der Waals surface area contributed by atoms with Gasteiger partial charge in [-0.25, -0.2) is 9.48 Å². The Hall–Kier alpha value is -3.68. The molecule has 3 rings (SSSR count). The van der Waals surface area contributed by atoms with Crippen LogP contribution in [-0.2, 0) is 6.54 Å². The van der Waals surface area contributed by atoms with Crippen LogP contribution in [0.15, 0.2) is 42.5 Å². The normalized spacial score (nSPS) is 10.6. The standard InChI is InChI=1S/C19H18N4O4/c1-11-3-8-14(15(20)9-11)18(24)17-16(19(25)26)21-22-23(17)10-12-4-6-13(27-2)7-5-12/h3-9H,10,20H2,1-2H3,(H,25,26). The molecular formula is C19H18N4O4. The number of carbonyl (C=O) groups is 2. The first-order chi connectivity index (χ1) is 12.9. The number of hydrogen-bond acceptors (Lipinski definition) is 6. The summed E-state index contributed by atoms with van der Waals surface area (Å²) in [6.07, 6.45) is 0. The van der Waals surface area contributed by atoms with Crippen LogP contribution in [0.1, 0.15) is 37.7 Å². The fourth-order valence-electron chi connectivity index (χ4n) is 2.71. The lowest BCUT2D eigenvalue weighted by atomic mass is 10.0. The molecule has 3 N–H and O–H groups in total. The summed E-state index contributed by atoms with van der Waals surface area (Å²) in [7, 11) is 1.56. The maximum Gasteiger partial charge on any atom is 0.358 e. The van der Waals surface area contributed by atoms with Gasteiger partial charge in [-0.15, -0.1) is 5.10 Å². The Kier molecular flexibility index (Phi) is 4.89. The fourth-order valence-corrected chi connectivity index (χ4v) is 2.71. The van der Waals surface area contributed by atoms with Gasteiger partial charge in [-0.1, -0.05) is 23.4 Å². The number of nitrogens with two attached hydrogens (primary N) is 1. The molecule has 8 heteroatoms. The van der Waals surface area contributed by atoms with Gasteiger partial charge >= 0.3 is 5.97 Å². The average molecular weight is 366 g/mol. The van der Waals surface area contributed by atoms with Crippen LogP contribution in [0.2, 0.25) is 0 Å². The van der Waals surface area contributed by atoms with Crippen molar-refractivity contribution in [2.75, 3.05) is 12.8 Å². The van der Waals surface area contributed by atoms with Crippen molar-refractivity contribution in [3.05, 3.63) is 70.5 Å². The van der Waals surface area contributed by atoms with Gasteiger partial charge in [0.05, 0.1) is 13.7 Å². The van der Waals surface area contributed by atoms with E-state index in [1.54, 1.807) is 49.6 Å². The number of hydrogen-bond donors (Lipinski definition) is 2. The van der Waals surface area contributed by atoms with Crippen LogP contribution < -0.4 is 10.5 Å². The average Bonchev–Trinajstić information content (AvgIpc) is 3.05. The third kappa shape index (κ3) is 3.64. The number of ether oxygens (including phenoxy) is 1. The fraction of sp³-hybridized carbons (Fsp3) is 0.158. The van der Waals surface area contributed by atoms with Crippen molar-refractivity contribution >= 4 is 17.4 Å². The molecule has 0 amide bonds. The lowest BCUT2D eigenvalue weighted by molar-refractivity contribution is 0.0686. The van der Waals surface area contributed by atoms with E-state index < -0.39 is 17.4 Å². The molecule has 0 atom stereocenters. The minimum Gasteiger partial charge on any atom is -0.497 e. The first-order valence-corrected chi connectivity index (χ1v) is 8.11. The quantitative estimate of drug-likeness (QED) is 0.506. The van der Waals surface area contributed by atoms with Crippen molar-refractivity contribution in [2.45, 2.75) is 13.5 Å². The number of benzene rings is 2. The van der Waals surface area contributed by atoms with Crippen LogP contribution >= 0.6 is 0 Å². The van der Waals surface area contributed by atoms with Gasteiger partial charge in [0.15, 0.2) is 0 Å². The van der Waals surface area contributed by atoms with Crippen LogP contribution in [0.25, 0.3) is 0 Å². The lowest BCUT2D eigenvalue weighted by Crippen LogP contribution is -2.17. The van der Waals surface area contributed by atoms with Gasteiger partial charge in [0.2, 0.25) is 11.5 Å². The molecule has 27 heavy (non-hydrogen) atoms. The number of ketones is 1. The summed E-state index contributed by atoms with van der Waals surface area (Å²) in [6.45, 7) is 2.03. The highest BCUT2D eigenvalue weighted by Crippen LogP contribution is 2.21. The van der Waals surface area contributed by atoms with Crippen molar-refractivity contribution in [3.8, 4) is 5.75 Å². The smallest absolute Gasteiger partial charge is 0.358 e. The second-order valence-electron chi connectivity index (χ2n) is 6.02. The SMILES string of the molecule is COc1ccc(Cn2nnc(C(=O)O)c2C(=O)c2ccc(C)cc2N)cc1. The molecule has 1 heterocycles. The predicted octanol–water partition coefficient (Wildman–Crippen LogP) is 2.15. The molecule has 1 aromatic heterocycles. The molecule has 0 fully saturated rings. The zero-order valence-electron chi connectivity index (χ0n) is 14.8. The molecule has 0 aliphatic rings. The molecule has 8 nitrogen and oxygen atoms in total. The predicted molar refractivity (Wildman–Crippen MR) is 98.1 cm³/mol. The molecule has 0 saturated carbocycles. The summed E-state index contributed by atoms with van der Waals surface area (Å²) >= 11 is 0. The van der Waals surface area contributed by atoms with Crippen LogP contribution in [0.3, 0.4) is 0 Å². The highest BCUT2D eigenvalue weighted by atomic mass is 16.5.